The van der Waals surface area contributed by atoms with Gasteiger partial charge in [-0.05, 0) is 19.8 Å². The number of hydrogen-bond donors (Lipinski definition) is 1. The molecule has 0 aliphatic carbocycles. The maximum atomic E-state index is 11.7. The smallest absolute Gasteiger partial charge is 0.305 e. The quantitative estimate of drug-likeness (QED) is 0.741. The fourth-order valence-corrected chi connectivity index (χ4v) is 1.60. The molecule has 1 fully saturated rings. The van der Waals surface area contributed by atoms with Gasteiger partial charge in [-0.15, -0.1) is 0 Å². The van der Waals surface area contributed by atoms with E-state index >= 15 is 0 Å². The Labute approximate surface area is 89.0 Å². The van der Waals surface area contributed by atoms with Gasteiger partial charge < -0.3 is 14.7 Å². The number of nitrogens with zero attached hydrogens (tertiary/aromatic N) is 1. The molecule has 1 aliphatic heterocycles. The second kappa shape index (κ2) is 5.11. The van der Waals surface area contributed by atoms with Crippen LogP contribution in [0.1, 0.15) is 26.2 Å². The third-order valence-corrected chi connectivity index (χ3v) is 2.54. The van der Waals surface area contributed by atoms with Gasteiger partial charge in [-0.25, -0.2) is 0 Å². The molecule has 0 aromatic rings. The third-order valence-electron chi connectivity index (χ3n) is 2.54. The van der Waals surface area contributed by atoms with Crippen molar-refractivity contribution >= 4 is 11.9 Å². The van der Waals surface area contributed by atoms with Crippen molar-refractivity contribution in [2.75, 3.05) is 13.6 Å². The summed E-state index contributed by atoms with van der Waals surface area (Å²) in [6, 6.07) is 0. The molecule has 2 atom stereocenters. The SMILES string of the molecule is C[C@@H]1CC[C@H](C(=O)N(C)CCC(=O)O)O1. The summed E-state index contributed by atoms with van der Waals surface area (Å²) in [4.78, 5) is 23.5. The highest BCUT2D eigenvalue weighted by molar-refractivity contribution is 5.81. The lowest BCUT2D eigenvalue weighted by Crippen LogP contribution is -2.37. The van der Waals surface area contributed by atoms with Gasteiger partial charge in [0, 0.05) is 13.6 Å². The molecule has 15 heavy (non-hydrogen) atoms. The van der Waals surface area contributed by atoms with Crippen LogP contribution in [0.4, 0.5) is 0 Å². The topological polar surface area (TPSA) is 66.8 Å². The van der Waals surface area contributed by atoms with E-state index in [4.69, 9.17) is 9.84 Å². The van der Waals surface area contributed by atoms with Crippen LogP contribution in [0.2, 0.25) is 0 Å². The van der Waals surface area contributed by atoms with Gasteiger partial charge in [-0.2, -0.15) is 0 Å². The van der Waals surface area contributed by atoms with Crippen molar-refractivity contribution in [1.82, 2.24) is 4.90 Å². The number of aliphatic carboxylic acids is 1. The standard InChI is InChI=1S/C10H17NO4/c1-7-3-4-8(15-7)10(14)11(2)6-5-9(12)13/h7-8H,3-6H2,1-2H3,(H,12,13)/t7-,8-/m1/s1. The average Bonchev–Trinajstić information content (AvgIpc) is 2.60. The van der Waals surface area contributed by atoms with E-state index in [1.807, 2.05) is 6.92 Å². The van der Waals surface area contributed by atoms with E-state index in [1.54, 1.807) is 7.05 Å². The van der Waals surface area contributed by atoms with Crippen LogP contribution >= 0.6 is 0 Å². The number of carbonyl (C=O) groups is 2. The zero-order chi connectivity index (χ0) is 11.4. The lowest BCUT2D eigenvalue weighted by Gasteiger charge is -2.20. The maximum absolute atomic E-state index is 11.7. The Morgan fingerprint density at radius 3 is 2.60 bits per heavy atom. The Hall–Kier alpha value is -1.10. The first kappa shape index (κ1) is 12.0. The first-order valence-electron chi connectivity index (χ1n) is 5.13. The van der Waals surface area contributed by atoms with E-state index in [0.717, 1.165) is 12.8 Å². The van der Waals surface area contributed by atoms with Crippen LogP contribution in [0.5, 0.6) is 0 Å². The fourth-order valence-electron chi connectivity index (χ4n) is 1.60. The molecule has 1 N–H and O–H groups in total. The van der Waals surface area contributed by atoms with E-state index in [-0.39, 0.29) is 31.1 Å². The molecule has 0 saturated carbocycles. The molecule has 0 aromatic heterocycles. The van der Waals surface area contributed by atoms with Crippen molar-refractivity contribution in [3.05, 3.63) is 0 Å². The lowest BCUT2D eigenvalue weighted by molar-refractivity contribution is -0.143. The van der Waals surface area contributed by atoms with Crippen molar-refractivity contribution in [1.29, 1.82) is 0 Å². The summed E-state index contributed by atoms with van der Waals surface area (Å²) in [7, 11) is 1.61. The van der Waals surface area contributed by atoms with E-state index in [2.05, 4.69) is 0 Å². The molecule has 0 radical (unpaired) electrons. The van der Waals surface area contributed by atoms with Crippen LogP contribution in [-0.2, 0) is 14.3 Å². The summed E-state index contributed by atoms with van der Waals surface area (Å²) in [5, 5.41) is 8.48. The molecular formula is C10H17NO4. The van der Waals surface area contributed by atoms with E-state index < -0.39 is 5.97 Å². The van der Waals surface area contributed by atoms with Crippen LogP contribution in [-0.4, -0.2) is 47.7 Å². The van der Waals surface area contributed by atoms with Gasteiger partial charge in [-0.1, -0.05) is 0 Å². The van der Waals surface area contributed by atoms with Gasteiger partial charge in [0.15, 0.2) is 0 Å². The third kappa shape index (κ3) is 3.51. The van der Waals surface area contributed by atoms with Gasteiger partial charge in [0.1, 0.15) is 6.10 Å². The minimum atomic E-state index is -0.893. The molecule has 0 spiro atoms. The van der Waals surface area contributed by atoms with Gasteiger partial charge in [-0.3, -0.25) is 9.59 Å². The van der Waals surface area contributed by atoms with Crippen molar-refractivity contribution in [2.24, 2.45) is 0 Å². The zero-order valence-corrected chi connectivity index (χ0v) is 9.10. The molecule has 0 unspecified atom stereocenters. The second-order valence-corrected chi connectivity index (χ2v) is 3.92. The van der Waals surface area contributed by atoms with Crippen molar-refractivity contribution < 1.29 is 19.4 Å². The molecular weight excluding hydrogens is 198 g/mol. The number of likely N-dealkylation sites (N-methyl/N-ethyl adjacent to an activating group) is 1. The van der Waals surface area contributed by atoms with Gasteiger partial charge in [0.2, 0.25) is 0 Å². The molecule has 86 valence electrons. The molecule has 5 heteroatoms. The number of amides is 1. The Morgan fingerprint density at radius 1 is 1.47 bits per heavy atom. The fraction of sp³-hybridized carbons (Fsp3) is 0.800. The lowest BCUT2D eigenvalue weighted by atomic mass is 10.2. The summed E-state index contributed by atoms with van der Waals surface area (Å²) in [6.45, 7) is 2.17. The summed E-state index contributed by atoms with van der Waals surface area (Å²) in [6.07, 6.45) is 1.36. The van der Waals surface area contributed by atoms with Gasteiger partial charge >= 0.3 is 5.97 Å². The number of ether oxygens (including phenoxy) is 1. The number of carbonyl (C=O) groups excluding carboxylic acids is 1. The van der Waals surface area contributed by atoms with Crippen LogP contribution in [0.25, 0.3) is 0 Å². The normalized spacial score (nSPS) is 25.2. The largest absolute Gasteiger partial charge is 0.481 e. The molecule has 1 heterocycles. The Morgan fingerprint density at radius 2 is 2.13 bits per heavy atom. The number of carboxylic acid groups (broad SMARTS) is 1. The van der Waals surface area contributed by atoms with Crippen LogP contribution in [0.15, 0.2) is 0 Å². The zero-order valence-electron chi connectivity index (χ0n) is 9.10. The molecule has 0 aromatic carbocycles. The summed E-state index contributed by atoms with van der Waals surface area (Å²) < 4.78 is 5.41. The van der Waals surface area contributed by atoms with E-state index in [0.29, 0.717) is 0 Å². The Balaban J connectivity index is 2.35. The van der Waals surface area contributed by atoms with Gasteiger partial charge in [0.25, 0.3) is 5.91 Å². The molecule has 1 saturated heterocycles. The molecule has 1 rings (SSSR count). The van der Waals surface area contributed by atoms with Crippen LogP contribution in [0.3, 0.4) is 0 Å². The Kier molecular flexibility index (Phi) is 4.08. The summed E-state index contributed by atoms with van der Waals surface area (Å²) in [5.41, 5.74) is 0. The first-order chi connectivity index (χ1) is 7.00. The number of rotatable bonds is 4. The van der Waals surface area contributed by atoms with Crippen molar-refractivity contribution in [2.45, 2.75) is 38.4 Å². The monoisotopic (exact) mass is 215 g/mol. The van der Waals surface area contributed by atoms with Crippen molar-refractivity contribution in [3.8, 4) is 0 Å². The minimum Gasteiger partial charge on any atom is -0.481 e. The highest BCUT2D eigenvalue weighted by Crippen LogP contribution is 2.20. The maximum Gasteiger partial charge on any atom is 0.305 e. The second-order valence-electron chi connectivity index (χ2n) is 3.92. The predicted octanol–water partition coefficient (Wildman–Crippen LogP) is 0.487. The van der Waals surface area contributed by atoms with Gasteiger partial charge in [0.05, 0.1) is 12.5 Å². The molecule has 1 amide bonds. The average molecular weight is 215 g/mol. The summed E-state index contributed by atoms with van der Waals surface area (Å²) >= 11 is 0. The highest BCUT2D eigenvalue weighted by atomic mass is 16.5. The number of hydrogen-bond acceptors (Lipinski definition) is 3. The van der Waals surface area contributed by atoms with E-state index in [9.17, 15) is 9.59 Å². The molecule has 5 nitrogen and oxygen atoms in total. The Bertz CT molecular complexity index is 254. The van der Waals surface area contributed by atoms with Crippen LogP contribution < -0.4 is 0 Å². The molecule has 1 aliphatic rings. The molecule has 0 bridgehead atoms. The van der Waals surface area contributed by atoms with Crippen LogP contribution in [0, 0.1) is 0 Å². The predicted molar refractivity (Wildman–Crippen MR) is 53.5 cm³/mol. The first-order valence-corrected chi connectivity index (χ1v) is 5.13. The number of carboxylic acids is 1. The van der Waals surface area contributed by atoms with Crippen molar-refractivity contribution in [3.63, 3.8) is 0 Å². The highest BCUT2D eigenvalue weighted by Gasteiger charge is 2.30. The van der Waals surface area contributed by atoms with E-state index in [1.165, 1.54) is 4.90 Å². The summed E-state index contributed by atoms with van der Waals surface area (Å²) in [5.74, 6) is -1.00. The minimum absolute atomic E-state index is 0.0233.